The highest BCUT2D eigenvalue weighted by atomic mass is 35.5. The predicted octanol–water partition coefficient (Wildman–Crippen LogP) is 4.34. The number of aromatic nitrogens is 1. The van der Waals surface area contributed by atoms with Crippen LogP contribution in [0.15, 0.2) is 42.7 Å². The van der Waals surface area contributed by atoms with Gasteiger partial charge in [-0.3, -0.25) is 14.6 Å². The number of hydrogen-bond donors (Lipinski definition) is 2. The van der Waals surface area contributed by atoms with E-state index in [4.69, 9.17) is 16.3 Å². The molecule has 6 nitrogen and oxygen atoms in total. The molecule has 154 valence electrons. The second kappa shape index (κ2) is 10.8. The summed E-state index contributed by atoms with van der Waals surface area (Å²) in [5.74, 6) is 0.530. The molecular formula is C22H26ClN3O3. The Hall–Kier alpha value is -2.60. The Bertz CT molecular complexity index is 823. The van der Waals surface area contributed by atoms with E-state index in [2.05, 4.69) is 15.6 Å². The number of hydrogen-bond acceptors (Lipinski definition) is 4. The molecule has 0 saturated heterocycles. The van der Waals surface area contributed by atoms with Crippen LogP contribution < -0.4 is 15.4 Å². The van der Waals surface area contributed by atoms with E-state index < -0.39 is 0 Å². The monoisotopic (exact) mass is 415 g/mol. The van der Waals surface area contributed by atoms with Crippen LogP contribution in [-0.4, -0.2) is 23.3 Å². The van der Waals surface area contributed by atoms with Crippen LogP contribution in [0.4, 0.5) is 5.69 Å². The molecule has 0 aliphatic heterocycles. The third-order valence-electron chi connectivity index (χ3n) is 4.96. The molecule has 0 spiro atoms. The Morgan fingerprint density at radius 2 is 2.00 bits per heavy atom. The second-order valence-corrected chi connectivity index (χ2v) is 7.63. The Morgan fingerprint density at radius 3 is 2.72 bits per heavy atom. The third kappa shape index (κ3) is 6.75. The fourth-order valence-electron chi connectivity index (χ4n) is 3.37. The highest BCUT2D eigenvalue weighted by molar-refractivity contribution is 6.32. The summed E-state index contributed by atoms with van der Waals surface area (Å²) in [6.07, 6.45) is 8.99. The molecular weight excluding hydrogens is 390 g/mol. The number of nitrogens with zero attached hydrogens (tertiary/aromatic N) is 1. The van der Waals surface area contributed by atoms with Gasteiger partial charge in [-0.05, 0) is 37.1 Å². The number of halogens is 1. The molecule has 0 bridgehead atoms. The Kier molecular flexibility index (Phi) is 7.87. The zero-order valence-corrected chi connectivity index (χ0v) is 17.1. The van der Waals surface area contributed by atoms with Crippen LogP contribution in [0.1, 0.15) is 44.1 Å². The van der Waals surface area contributed by atoms with Crippen LogP contribution in [0.25, 0.3) is 0 Å². The SMILES string of the molecule is O=C(CCNC(=O)C1CCCCC1)Nc1ccc(OCc2cccnc2)c(Cl)c1. The third-order valence-corrected chi connectivity index (χ3v) is 5.26. The standard InChI is InChI=1S/C22H26ClN3O3/c23-19-13-18(8-9-20(19)29-15-16-5-4-11-24-14-16)26-21(27)10-12-25-22(28)17-6-2-1-3-7-17/h4-5,8-9,11,13-14,17H,1-3,6-7,10,12,15H2,(H,25,28)(H,26,27). The van der Waals surface area contributed by atoms with Gasteiger partial charge in [-0.2, -0.15) is 0 Å². The number of carbonyl (C=O) groups is 2. The summed E-state index contributed by atoms with van der Waals surface area (Å²) >= 11 is 6.26. The molecule has 0 radical (unpaired) electrons. The van der Waals surface area contributed by atoms with E-state index >= 15 is 0 Å². The van der Waals surface area contributed by atoms with E-state index in [1.54, 1.807) is 30.6 Å². The van der Waals surface area contributed by atoms with Gasteiger partial charge < -0.3 is 15.4 Å². The molecule has 1 aromatic heterocycles. The molecule has 2 aromatic rings. The van der Waals surface area contributed by atoms with Gasteiger partial charge in [0.1, 0.15) is 12.4 Å². The van der Waals surface area contributed by atoms with Gasteiger partial charge in [-0.15, -0.1) is 0 Å². The second-order valence-electron chi connectivity index (χ2n) is 7.22. The lowest BCUT2D eigenvalue weighted by atomic mass is 9.89. The van der Waals surface area contributed by atoms with E-state index in [1.807, 2.05) is 12.1 Å². The van der Waals surface area contributed by atoms with Gasteiger partial charge in [0, 0.05) is 42.5 Å². The summed E-state index contributed by atoms with van der Waals surface area (Å²) in [4.78, 5) is 28.3. The minimum atomic E-state index is -0.172. The zero-order chi connectivity index (χ0) is 20.5. The molecule has 1 saturated carbocycles. The molecule has 3 rings (SSSR count). The zero-order valence-electron chi connectivity index (χ0n) is 16.3. The molecule has 0 atom stereocenters. The van der Waals surface area contributed by atoms with Gasteiger partial charge in [-0.25, -0.2) is 0 Å². The predicted molar refractivity (Wildman–Crippen MR) is 113 cm³/mol. The molecule has 1 aliphatic rings. The van der Waals surface area contributed by atoms with Crippen molar-refractivity contribution in [3.8, 4) is 5.75 Å². The maximum Gasteiger partial charge on any atom is 0.226 e. The number of benzene rings is 1. The molecule has 1 aliphatic carbocycles. The molecule has 1 heterocycles. The highest BCUT2D eigenvalue weighted by Gasteiger charge is 2.20. The lowest BCUT2D eigenvalue weighted by Gasteiger charge is -2.20. The van der Waals surface area contributed by atoms with Crippen molar-refractivity contribution < 1.29 is 14.3 Å². The van der Waals surface area contributed by atoms with E-state index in [0.29, 0.717) is 29.6 Å². The van der Waals surface area contributed by atoms with Crippen molar-refractivity contribution in [2.75, 3.05) is 11.9 Å². The molecule has 2 N–H and O–H groups in total. The van der Waals surface area contributed by atoms with Gasteiger partial charge >= 0.3 is 0 Å². The van der Waals surface area contributed by atoms with Gasteiger partial charge in [0.2, 0.25) is 11.8 Å². The minimum Gasteiger partial charge on any atom is -0.487 e. The Balaban J connectivity index is 1.41. The number of pyridine rings is 1. The maximum atomic E-state index is 12.1. The van der Waals surface area contributed by atoms with Crippen molar-refractivity contribution in [2.45, 2.75) is 45.1 Å². The molecule has 7 heteroatoms. The molecule has 2 amide bonds. The molecule has 0 unspecified atom stereocenters. The van der Waals surface area contributed by atoms with E-state index in [0.717, 1.165) is 31.2 Å². The van der Waals surface area contributed by atoms with Gasteiger partial charge in [-0.1, -0.05) is 36.9 Å². The van der Waals surface area contributed by atoms with Crippen molar-refractivity contribution in [3.63, 3.8) is 0 Å². The van der Waals surface area contributed by atoms with Gasteiger partial charge in [0.05, 0.1) is 5.02 Å². The normalized spacial score (nSPS) is 14.2. The number of amides is 2. The van der Waals surface area contributed by atoms with Gasteiger partial charge in [0.25, 0.3) is 0 Å². The maximum absolute atomic E-state index is 12.1. The first-order valence-electron chi connectivity index (χ1n) is 10.0. The van der Waals surface area contributed by atoms with E-state index in [1.165, 1.54) is 6.42 Å². The quantitative estimate of drug-likeness (QED) is 0.672. The Morgan fingerprint density at radius 1 is 1.17 bits per heavy atom. The number of rotatable bonds is 8. The first-order valence-corrected chi connectivity index (χ1v) is 10.4. The van der Waals surface area contributed by atoms with E-state index in [-0.39, 0.29) is 24.2 Å². The summed E-state index contributed by atoms with van der Waals surface area (Å²) in [6.45, 7) is 0.696. The minimum absolute atomic E-state index is 0.0654. The number of anilines is 1. The fourth-order valence-corrected chi connectivity index (χ4v) is 3.61. The topological polar surface area (TPSA) is 80.3 Å². The summed E-state index contributed by atoms with van der Waals surface area (Å²) in [5.41, 5.74) is 1.53. The lowest BCUT2D eigenvalue weighted by Crippen LogP contribution is -2.34. The van der Waals surface area contributed by atoms with Crippen molar-refractivity contribution >= 4 is 29.1 Å². The van der Waals surface area contributed by atoms with Crippen molar-refractivity contribution in [1.82, 2.24) is 10.3 Å². The van der Waals surface area contributed by atoms with Crippen LogP contribution in [0.5, 0.6) is 5.75 Å². The Labute approximate surface area is 176 Å². The van der Waals surface area contributed by atoms with Crippen LogP contribution in [-0.2, 0) is 16.2 Å². The van der Waals surface area contributed by atoms with Crippen molar-refractivity contribution in [3.05, 3.63) is 53.3 Å². The van der Waals surface area contributed by atoms with Crippen molar-refractivity contribution in [1.29, 1.82) is 0 Å². The van der Waals surface area contributed by atoms with E-state index in [9.17, 15) is 9.59 Å². The number of nitrogens with one attached hydrogen (secondary N) is 2. The number of ether oxygens (including phenoxy) is 1. The average Bonchev–Trinajstić information content (AvgIpc) is 2.74. The summed E-state index contributed by atoms with van der Waals surface area (Å²) in [7, 11) is 0. The summed E-state index contributed by atoms with van der Waals surface area (Å²) in [5, 5.41) is 6.08. The first-order chi connectivity index (χ1) is 14.1. The molecule has 29 heavy (non-hydrogen) atoms. The fraction of sp³-hybridized carbons (Fsp3) is 0.409. The van der Waals surface area contributed by atoms with Crippen LogP contribution in [0, 0.1) is 5.92 Å². The molecule has 1 aromatic carbocycles. The summed E-state index contributed by atoms with van der Waals surface area (Å²) < 4.78 is 5.70. The largest absolute Gasteiger partial charge is 0.487 e. The highest BCUT2D eigenvalue weighted by Crippen LogP contribution is 2.28. The van der Waals surface area contributed by atoms with Crippen molar-refractivity contribution in [2.24, 2.45) is 5.92 Å². The van der Waals surface area contributed by atoms with Crippen LogP contribution in [0.2, 0.25) is 5.02 Å². The molecule has 1 fully saturated rings. The van der Waals surface area contributed by atoms with Gasteiger partial charge in [0.15, 0.2) is 0 Å². The van der Waals surface area contributed by atoms with Crippen LogP contribution >= 0.6 is 11.6 Å². The lowest BCUT2D eigenvalue weighted by molar-refractivity contribution is -0.126. The summed E-state index contributed by atoms with van der Waals surface area (Å²) in [6, 6.07) is 8.87. The van der Waals surface area contributed by atoms with Crippen LogP contribution in [0.3, 0.4) is 0 Å². The smallest absolute Gasteiger partial charge is 0.226 e. The first kappa shape index (κ1) is 21.1. The average molecular weight is 416 g/mol. The number of carbonyl (C=O) groups excluding carboxylic acids is 2.